The van der Waals surface area contributed by atoms with Crippen LogP contribution in [0.3, 0.4) is 0 Å². The molecule has 0 heterocycles. The zero-order valence-electron chi connectivity index (χ0n) is 8.88. The molecule has 0 bridgehead atoms. The summed E-state index contributed by atoms with van der Waals surface area (Å²) in [6, 6.07) is 9.21. The Kier molecular flexibility index (Phi) is 11.7. The molecule has 0 spiro atoms. The van der Waals surface area contributed by atoms with Crippen molar-refractivity contribution in [1.82, 2.24) is 0 Å². The Hall–Kier alpha value is 1.33. The van der Waals surface area contributed by atoms with Crippen LogP contribution in [0.2, 0.25) is 0 Å². The number of phosphoric acid groups is 1. The van der Waals surface area contributed by atoms with Gasteiger partial charge in [-0.15, -0.1) is 0 Å². The van der Waals surface area contributed by atoms with E-state index in [1.165, 1.54) is 0 Å². The van der Waals surface area contributed by atoms with Crippen molar-refractivity contribution >= 4 is 7.82 Å². The van der Waals surface area contributed by atoms with Gasteiger partial charge in [-0.1, -0.05) is 30.3 Å². The quantitative estimate of drug-likeness (QED) is 0.392. The fraction of sp³-hybridized carbons (Fsp3) is 0.250. The van der Waals surface area contributed by atoms with Gasteiger partial charge in [0.05, 0.1) is 14.4 Å². The van der Waals surface area contributed by atoms with Gasteiger partial charge < -0.3 is 18.9 Å². The first kappa shape index (κ1) is 18.7. The first-order valence-electron chi connectivity index (χ1n) is 3.78. The third-order valence-electron chi connectivity index (χ3n) is 1.48. The van der Waals surface area contributed by atoms with Gasteiger partial charge in [0.1, 0.15) is 0 Å². The van der Waals surface area contributed by atoms with E-state index in [1.807, 2.05) is 30.3 Å². The topological polar surface area (TPSA) is 72.4 Å². The van der Waals surface area contributed by atoms with Gasteiger partial charge in [0.25, 0.3) is 0 Å². The van der Waals surface area contributed by atoms with Crippen LogP contribution in [0, 0.1) is 0 Å². The molecule has 0 aliphatic heterocycles. The minimum atomic E-state index is -4.80. The van der Waals surface area contributed by atoms with E-state index in [1.54, 1.807) is 0 Å². The molecule has 1 aromatic rings. The van der Waals surface area contributed by atoms with Gasteiger partial charge in [0.2, 0.25) is 0 Å². The molecule has 72 valence electrons. The van der Waals surface area contributed by atoms with Crippen LogP contribution in [0.25, 0.3) is 0 Å². The van der Waals surface area contributed by atoms with E-state index in [0.29, 0.717) is 6.42 Å². The van der Waals surface area contributed by atoms with E-state index in [2.05, 4.69) is 4.52 Å². The van der Waals surface area contributed by atoms with E-state index in [9.17, 15) is 14.4 Å². The maximum Gasteiger partial charge on any atom is 1.00 e. The third-order valence-corrected chi connectivity index (χ3v) is 1.98. The SMILES string of the molecule is O=P([O-])([O-])OCCc1ccccc1.[Na+].[Na+]. The Morgan fingerprint density at radius 1 is 1.13 bits per heavy atom. The Balaban J connectivity index is 0. The van der Waals surface area contributed by atoms with E-state index in [0.717, 1.165) is 5.56 Å². The molecule has 4 nitrogen and oxygen atoms in total. The second-order valence-corrected chi connectivity index (χ2v) is 3.67. The van der Waals surface area contributed by atoms with E-state index in [4.69, 9.17) is 0 Å². The average Bonchev–Trinajstić information content (AvgIpc) is 2.04. The van der Waals surface area contributed by atoms with Crippen LogP contribution < -0.4 is 68.9 Å². The van der Waals surface area contributed by atoms with Crippen LogP contribution in [0.4, 0.5) is 0 Å². The molecule has 0 unspecified atom stereocenters. The van der Waals surface area contributed by atoms with Gasteiger partial charge in [0, 0.05) is 0 Å². The summed E-state index contributed by atoms with van der Waals surface area (Å²) in [6.07, 6.45) is 0.426. The first-order chi connectivity index (χ1) is 6.08. The van der Waals surface area contributed by atoms with E-state index in [-0.39, 0.29) is 65.7 Å². The van der Waals surface area contributed by atoms with Crippen molar-refractivity contribution in [1.29, 1.82) is 0 Å². The van der Waals surface area contributed by atoms with Crippen molar-refractivity contribution in [3.05, 3.63) is 35.9 Å². The van der Waals surface area contributed by atoms with Crippen molar-refractivity contribution in [2.45, 2.75) is 6.42 Å². The number of hydrogen-bond acceptors (Lipinski definition) is 4. The van der Waals surface area contributed by atoms with E-state index < -0.39 is 7.82 Å². The van der Waals surface area contributed by atoms with Crippen molar-refractivity contribution in [2.24, 2.45) is 0 Å². The predicted octanol–water partition coefficient (Wildman–Crippen LogP) is -5.92. The largest absolute Gasteiger partial charge is 1.00 e. The molecule has 1 aromatic carbocycles. The summed E-state index contributed by atoms with van der Waals surface area (Å²) >= 11 is 0. The van der Waals surface area contributed by atoms with Crippen LogP contribution in [-0.2, 0) is 15.5 Å². The average molecular weight is 246 g/mol. The molecule has 0 radical (unpaired) electrons. The van der Waals surface area contributed by atoms with Crippen molar-refractivity contribution in [3.63, 3.8) is 0 Å². The summed E-state index contributed by atoms with van der Waals surface area (Å²) < 4.78 is 14.1. The summed E-state index contributed by atoms with van der Waals surface area (Å²) in [5.41, 5.74) is 0.941. The number of benzene rings is 1. The summed E-state index contributed by atoms with van der Waals surface area (Å²) in [5.74, 6) is 0. The molecular weight excluding hydrogens is 237 g/mol. The van der Waals surface area contributed by atoms with Crippen molar-refractivity contribution in [2.75, 3.05) is 6.61 Å². The molecule has 0 N–H and O–H groups in total. The van der Waals surface area contributed by atoms with Gasteiger partial charge in [0.15, 0.2) is 0 Å². The van der Waals surface area contributed by atoms with Crippen LogP contribution in [0.5, 0.6) is 0 Å². The molecule has 0 atom stereocenters. The second kappa shape index (κ2) is 9.37. The normalized spacial score (nSPS) is 10.0. The van der Waals surface area contributed by atoms with Crippen LogP contribution >= 0.6 is 7.82 Å². The predicted molar refractivity (Wildman–Crippen MR) is 43.7 cm³/mol. The van der Waals surface area contributed by atoms with Crippen LogP contribution in [0.15, 0.2) is 30.3 Å². The Bertz CT molecular complexity index is 301. The van der Waals surface area contributed by atoms with Crippen molar-refractivity contribution in [3.8, 4) is 0 Å². The van der Waals surface area contributed by atoms with Crippen LogP contribution in [0.1, 0.15) is 5.56 Å². The molecule has 0 saturated carbocycles. The molecule has 0 aromatic heterocycles. The van der Waals surface area contributed by atoms with Crippen LogP contribution in [-0.4, -0.2) is 6.61 Å². The Labute approximate surface area is 133 Å². The standard InChI is InChI=1S/C8H11O4P.2Na/c9-13(10,11)12-7-6-8-4-2-1-3-5-8;;/h1-5H,6-7H2,(H2,9,10,11);;/q;2*+1/p-2. The summed E-state index contributed by atoms with van der Waals surface area (Å²) in [7, 11) is -4.80. The Morgan fingerprint density at radius 3 is 2.13 bits per heavy atom. The molecular formula is C8H9Na2O4P. The fourth-order valence-corrected chi connectivity index (χ4v) is 1.23. The zero-order chi connectivity index (χ0) is 9.73. The van der Waals surface area contributed by atoms with Gasteiger partial charge in [-0.05, 0) is 12.0 Å². The van der Waals surface area contributed by atoms with Crippen molar-refractivity contribution < 1.29 is 78.0 Å². The second-order valence-electron chi connectivity index (χ2n) is 2.52. The molecule has 15 heavy (non-hydrogen) atoms. The third kappa shape index (κ3) is 10.2. The molecule has 0 saturated heterocycles. The number of rotatable bonds is 4. The minimum Gasteiger partial charge on any atom is -0.790 e. The van der Waals surface area contributed by atoms with Gasteiger partial charge in [-0.2, -0.15) is 0 Å². The van der Waals surface area contributed by atoms with Gasteiger partial charge in [-0.3, -0.25) is 0 Å². The molecule has 0 fully saturated rings. The molecule has 0 aliphatic carbocycles. The molecule has 1 rings (SSSR count). The maximum atomic E-state index is 10.1. The maximum absolute atomic E-state index is 10.1. The number of hydrogen-bond donors (Lipinski definition) is 0. The number of phosphoric ester groups is 1. The fourth-order valence-electron chi connectivity index (χ4n) is 0.920. The summed E-state index contributed by atoms with van der Waals surface area (Å²) in [6.45, 7) is -0.0890. The van der Waals surface area contributed by atoms with E-state index >= 15 is 0 Å². The smallest absolute Gasteiger partial charge is 0.790 e. The first-order valence-corrected chi connectivity index (χ1v) is 5.24. The monoisotopic (exact) mass is 246 g/mol. The zero-order valence-corrected chi connectivity index (χ0v) is 13.8. The molecule has 0 amide bonds. The molecule has 7 heteroatoms. The van der Waals surface area contributed by atoms with Gasteiger partial charge >= 0.3 is 59.1 Å². The summed E-state index contributed by atoms with van der Waals surface area (Å²) in [5, 5.41) is 0. The minimum absolute atomic E-state index is 0. The molecule has 0 aliphatic rings. The Morgan fingerprint density at radius 2 is 1.67 bits per heavy atom. The van der Waals surface area contributed by atoms with Gasteiger partial charge in [-0.25, -0.2) is 0 Å². The summed E-state index contributed by atoms with van der Waals surface area (Å²) in [4.78, 5) is 20.1.